The van der Waals surface area contributed by atoms with E-state index in [4.69, 9.17) is 10.5 Å². The fourth-order valence-electron chi connectivity index (χ4n) is 1.93. The van der Waals surface area contributed by atoms with Crippen molar-refractivity contribution in [3.05, 3.63) is 36.2 Å². The molecule has 0 unspecified atom stereocenters. The Morgan fingerprint density at radius 1 is 1.30 bits per heavy atom. The number of carbonyl (C=O) groups excluding carboxylic acids is 1. The fraction of sp³-hybridized carbons (Fsp3) is 0.0769. The highest BCUT2D eigenvalue weighted by Gasteiger charge is 2.13. The van der Waals surface area contributed by atoms with Crippen molar-refractivity contribution in [1.82, 2.24) is 19.9 Å². The third-order valence-corrected chi connectivity index (χ3v) is 2.87. The van der Waals surface area contributed by atoms with Crippen molar-refractivity contribution in [2.45, 2.75) is 0 Å². The lowest BCUT2D eigenvalue weighted by Gasteiger charge is -2.06. The minimum absolute atomic E-state index is 0.298. The standard InChI is InChI=1S/C13H11N5O2/c1-20-9-3-2-7(6-8(9)10(14)19)11-17-12-13(18-11)16-5-4-15-12/h2-6H,1H3,(H2,14,19)(H,15,16,17,18). The summed E-state index contributed by atoms with van der Waals surface area (Å²) >= 11 is 0. The van der Waals surface area contributed by atoms with Gasteiger partial charge in [0.15, 0.2) is 11.3 Å². The number of hydrogen-bond donors (Lipinski definition) is 2. The monoisotopic (exact) mass is 269 g/mol. The molecule has 0 aliphatic carbocycles. The van der Waals surface area contributed by atoms with Gasteiger partial charge in [-0.3, -0.25) is 4.79 Å². The van der Waals surface area contributed by atoms with Crippen molar-refractivity contribution in [3.8, 4) is 17.1 Å². The number of benzene rings is 1. The predicted molar refractivity (Wildman–Crippen MR) is 72.2 cm³/mol. The second kappa shape index (κ2) is 4.61. The molecule has 0 aliphatic rings. The van der Waals surface area contributed by atoms with Crippen LogP contribution in [0.4, 0.5) is 0 Å². The minimum Gasteiger partial charge on any atom is -0.496 e. The van der Waals surface area contributed by atoms with Gasteiger partial charge in [-0.25, -0.2) is 15.0 Å². The van der Waals surface area contributed by atoms with Crippen molar-refractivity contribution in [1.29, 1.82) is 0 Å². The van der Waals surface area contributed by atoms with E-state index in [0.717, 1.165) is 0 Å². The van der Waals surface area contributed by atoms with Gasteiger partial charge in [-0.15, -0.1) is 0 Å². The number of hydrogen-bond acceptors (Lipinski definition) is 5. The van der Waals surface area contributed by atoms with E-state index in [1.54, 1.807) is 30.6 Å². The maximum atomic E-state index is 11.4. The van der Waals surface area contributed by atoms with E-state index >= 15 is 0 Å². The van der Waals surface area contributed by atoms with Crippen molar-refractivity contribution in [2.75, 3.05) is 7.11 Å². The van der Waals surface area contributed by atoms with E-state index < -0.39 is 5.91 Å². The zero-order chi connectivity index (χ0) is 14.1. The molecule has 7 heteroatoms. The lowest BCUT2D eigenvalue weighted by molar-refractivity contribution is 0.0997. The van der Waals surface area contributed by atoms with Gasteiger partial charge in [0.05, 0.1) is 12.7 Å². The molecule has 0 spiro atoms. The van der Waals surface area contributed by atoms with E-state index in [1.165, 1.54) is 7.11 Å². The van der Waals surface area contributed by atoms with Gasteiger partial charge in [-0.1, -0.05) is 0 Å². The number of nitrogens with zero attached hydrogens (tertiary/aromatic N) is 3. The van der Waals surface area contributed by atoms with E-state index in [1.807, 2.05) is 0 Å². The van der Waals surface area contributed by atoms with Gasteiger partial charge < -0.3 is 15.5 Å². The number of H-pyrrole nitrogens is 1. The molecule has 0 aliphatic heterocycles. The molecule has 20 heavy (non-hydrogen) atoms. The Kier molecular flexibility index (Phi) is 2.79. The number of carbonyl (C=O) groups is 1. The van der Waals surface area contributed by atoms with Gasteiger partial charge in [-0.2, -0.15) is 0 Å². The summed E-state index contributed by atoms with van der Waals surface area (Å²) in [5, 5.41) is 0. The van der Waals surface area contributed by atoms with Crippen LogP contribution in [0.15, 0.2) is 30.6 Å². The second-order valence-corrected chi connectivity index (χ2v) is 4.09. The summed E-state index contributed by atoms with van der Waals surface area (Å²) in [6.45, 7) is 0. The number of nitrogens with one attached hydrogen (secondary N) is 1. The van der Waals surface area contributed by atoms with E-state index in [9.17, 15) is 4.79 Å². The van der Waals surface area contributed by atoms with Crippen LogP contribution in [0.2, 0.25) is 0 Å². The molecule has 100 valence electrons. The van der Waals surface area contributed by atoms with E-state index in [0.29, 0.717) is 34.0 Å². The fourth-order valence-corrected chi connectivity index (χ4v) is 1.93. The lowest BCUT2D eigenvalue weighted by Crippen LogP contribution is -2.12. The van der Waals surface area contributed by atoms with Gasteiger partial charge in [0.25, 0.3) is 5.91 Å². The summed E-state index contributed by atoms with van der Waals surface area (Å²) in [7, 11) is 1.48. The van der Waals surface area contributed by atoms with Crippen LogP contribution in [0.25, 0.3) is 22.7 Å². The number of imidazole rings is 1. The Bertz CT molecular complexity index is 763. The van der Waals surface area contributed by atoms with Crippen LogP contribution in [0.3, 0.4) is 0 Å². The Balaban J connectivity index is 2.14. The average Bonchev–Trinajstić information content (AvgIpc) is 2.90. The molecule has 0 bridgehead atoms. The van der Waals surface area contributed by atoms with Crippen molar-refractivity contribution < 1.29 is 9.53 Å². The summed E-state index contributed by atoms with van der Waals surface area (Å²) in [5.41, 5.74) is 7.44. The molecule has 0 radical (unpaired) electrons. The highest BCUT2D eigenvalue weighted by molar-refractivity contribution is 5.97. The van der Waals surface area contributed by atoms with Crippen molar-refractivity contribution >= 4 is 17.2 Å². The number of ether oxygens (including phenoxy) is 1. The zero-order valence-electron chi connectivity index (χ0n) is 10.6. The molecule has 3 aromatic rings. The van der Waals surface area contributed by atoms with Gasteiger partial charge in [0, 0.05) is 18.0 Å². The van der Waals surface area contributed by atoms with Crippen LogP contribution in [0.1, 0.15) is 10.4 Å². The third kappa shape index (κ3) is 1.95. The van der Waals surface area contributed by atoms with Crippen LogP contribution >= 0.6 is 0 Å². The quantitative estimate of drug-likeness (QED) is 0.741. The topological polar surface area (TPSA) is 107 Å². The van der Waals surface area contributed by atoms with Crippen molar-refractivity contribution in [2.24, 2.45) is 5.73 Å². The first-order valence-corrected chi connectivity index (χ1v) is 5.84. The van der Waals surface area contributed by atoms with Crippen LogP contribution in [0.5, 0.6) is 5.75 Å². The molecule has 3 N–H and O–H groups in total. The number of fused-ring (bicyclic) bond motifs is 1. The summed E-state index contributed by atoms with van der Waals surface area (Å²) in [6.07, 6.45) is 3.14. The van der Waals surface area contributed by atoms with Gasteiger partial charge in [-0.05, 0) is 18.2 Å². The molecule has 0 saturated heterocycles. The largest absolute Gasteiger partial charge is 0.496 e. The number of primary amides is 1. The normalized spacial score (nSPS) is 10.7. The highest BCUT2D eigenvalue weighted by atomic mass is 16.5. The maximum absolute atomic E-state index is 11.4. The number of nitrogens with two attached hydrogens (primary N) is 1. The second-order valence-electron chi connectivity index (χ2n) is 4.09. The van der Waals surface area contributed by atoms with Crippen LogP contribution < -0.4 is 10.5 Å². The average molecular weight is 269 g/mol. The Morgan fingerprint density at radius 3 is 2.80 bits per heavy atom. The summed E-state index contributed by atoms with van der Waals surface area (Å²) < 4.78 is 5.10. The molecule has 2 aromatic heterocycles. The lowest BCUT2D eigenvalue weighted by atomic mass is 10.1. The summed E-state index contributed by atoms with van der Waals surface area (Å²) in [5.74, 6) is 0.432. The first-order valence-electron chi connectivity index (χ1n) is 5.84. The molecule has 0 atom stereocenters. The molecule has 0 fully saturated rings. The Morgan fingerprint density at radius 2 is 2.10 bits per heavy atom. The first-order chi connectivity index (χ1) is 9.69. The van der Waals surface area contributed by atoms with E-state index in [-0.39, 0.29) is 0 Å². The smallest absolute Gasteiger partial charge is 0.252 e. The van der Waals surface area contributed by atoms with Gasteiger partial charge in [0.1, 0.15) is 11.6 Å². The Labute approximate surface area is 113 Å². The highest BCUT2D eigenvalue weighted by Crippen LogP contribution is 2.25. The minimum atomic E-state index is -0.559. The molecule has 2 heterocycles. The van der Waals surface area contributed by atoms with Crippen LogP contribution in [0, 0.1) is 0 Å². The number of aromatic amines is 1. The van der Waals surface area contributed by atoms with Crippen molar-refractivity contribution in [3.63, 3.8) is 0 Å². The number of methoxy groups -OCH3 is 1. The molecule has 0 saturated carbocycles. The zero-order valence-corrected chi connectivity index (χ0v) is 10.6. The molecular formula is C13H11N5O2. The number of aromatic nitrogens is 4. The summed E-state index contributed by atoms with van der Waals surface area (Å²) in [6, 6.07) is 5.07. The van der Waals surface area contributed by atoms with E-state index in [2.05, 4.69) is 19.9 Å². The summed E-state index contributed by atoms with van der Waals surface area (Å²) in [4.78, 5) is 27.0. The first kappa shape index (κ1) is 12.1. The molecule has 1 amide bonds. The molecule has 3 rings (SSSR count). The Hall–Kier alpha value is -2.96. The molecular weight excluding hydrogens is 258 g/mol. The molecule has 7 nitrogen and oxygen atoms in total. The van der Waals surface area contributed by atoms with Gasteiger partial charge in [0.2, 0.25) is 0 Å². The number of amides is 1. The third-order valence-electron chi connectivity index (χ3n) is 2.87. The molecule has 1 aromatic carbocycles. The maximum Gasteiger partial charge on any atom is 0.252 e. The number of rotatable bonds is 3. The van der Waals surface area contributed by atoms with Crippen LogP contribution in [-0.4, -0.2) is 33.0 Å². The SMILES string of the molecule is COc1ccc(-c2nc3nccnc3[nH]2)cc1C(N)=O. The predicted octanol–water partition coefficient (Wildman–Crippen LogP) is 1.13. The van der Waals surface area contributed by atoms with Gasteiger partial charge >= 0.3 is 0 Å². The van der Waals surface area contributed by atoms with Crippen LogP contribution in [-0.2, 0) is 0 Å².